The summed E-state index contributed by atoms with van der Waals surface area (Å²) in [7, 11) is 0. The van der Waals surface area contributed by atoms with E-state index >= 15 is 0 Å². The number of hydrogen-bond donors (Lipinski definition) is 0. The largest absolute Gasteiger partial charge is 0.375 e. The number of rotatable bonds is 6. The highest BCUT2D eigenvalue weighted by Crippen LogP contribution is 2.51. The standard InChI is InChI=1S/2C46H28BN/c1-3-12-29(13-4-1)33-24-39-37-19-9-10-21-43(37)47-44-28-32(36-20-11-17-31-16-7-8-18-35(31)36)22-23-38(44)40-25-34(30-14-5-2-6-15-30)27-42-41(26-33)45(39)48(47)46(40)42;1-3-11-29(12-4-1)35-24-39-37-17-9-10-18-43(37)47-44-28-34(33-20-19-31-15-7-8-16-32(31)23-33)21-22-38(44)40-25-36(30-13-5-2-6-14-30)27-42-41(26-35)45(39)48(47)46(40)42/h2*1-28H. The minimum absolute atomic E-state index is 0.0799. The van der Waals surface area contributed by atoms with Crippen LogP contribution in [0.5, 0.6) is 0 Å². The molecule has 0 saturated carbocycles. The van der Waals surface area contributed by atoms with Gasteiger partial charge in [0.15, 0.2) is 0 Å². The molecule has 4 aliphatic rings. The van der Waals surface area contributed by atoms with Crippen LogP contribution in [0.3, 0.4) is 0 Å². The predicted octanol–water partition coefficient (Wildman–Crippen LogP) is 21.1. The van der Waals surface area contributed by atoms with Crippen molar-refractivity contribution in [3.8, 4) is 111 Å². The van der Waals surface area contributed by atoms with Gasteiger partial charge >= 0.3 is 13.7 Å². The van der Waals surface area contributed by atoms with Gasteiger partial charge in [0.1, 0.15) is 0 Å². The SMILES string of the molecule is c1ccc(-c2cc3c4c(c2)c2cc(-c5ccccc5)cc5c2n4B(c2ccccc2-3)c2cc(-c3ccc4ccccc4c3)ccc2-5)cc1.c1ccc(-c2cc3c4c(c2)c2cc(-c5ccccc5)cc5c2n4B(c2ccccc2-3)c2cc(-c3cccc4ccccc34)ccc2-5)cc1. The van der Waals surface area contributed by atoms with Crippen LogP contribution in [0.15, 0.2) is 340 Å². The fourth-order valence-corrected chi connectivity index (χ4v) is 17.3. The molecule has 0 radical (unpaired) electrons. The number of benzene rings is 16. The minimum Gasteiger partial charge on any atom is -0.375 e. The van der Waals surface area contributed by atoms with E-state index in [0.717, 1.165) is 0 Å². The van der Waals surface area contributed by atoms with Gasteiger partial charge in [-0.25, -0.2) is 0 Å². The molecule has 0 aliphatic carbocycles. The van der Waals surface area contributed by atoms with Crippen molar-refractivity contribution in [1.82, 2.24) is 8.96 Å². The van der Waals surface area contributed by atoms with Gasteiger partial charge in [-0.05, 0) is 187 Å². The Balaban J connectivity index is 0.000000127. The third-order valence-electron chi connectivity index (χ3n) is 21.5. The summed E-state index contributed by atoms with van der Waals surface area (Å²) in [6.45, 7) is 0.165. The van der Waals surface area contributed by atoms with Crippen LogP contribution in [0, 0.1) is 0 Å². The number of hydrogen-bond acceptors (Lipinski definition) is 0. The van der Waals surface area contributed by atoms with Crippen LogP contribution < -0.4 is 21.9 Å². The lowest BCUT2D eigenvalue weighted by atomic mass is 9.45. The molecule has 0 unspecified atom stereocenters. The fourth-order valence-electron chi connectivity index (χ4n) is 17.3. The van der Waals surface area contributed by atoms with E-state index < -0.39 is 0 Å². The summed E-state index contributed by atoms with van der Waals surface area (Å²) in [5.41, 5.74) is 36.4. The van der Waals surface area contributed by atoms with Crippen molar-refractivity contribution in [2.45, 2.75) is 0 Å². The quantitative estimate of drug-likeness (QED) is 0.147. The molecular formula is C92H56B2N2. The van der Waals surface area contributed by atoms with Crippen molar-refractivity contribution >= 4 is 101 Å². The first-order valence-electron chi connectivity index (χ1n) is 33.6. The second-order valence-electron chi connectivity index (χ2n) is 26.6. The maximum absolute atomic E-state index is 2.68. The van der Waals surface area contributed by atoms with Crippen LogP contribution in [-0.4, -0.2) is 22.7 Å². The van der Waals surface area contributed by atoms with E-state index in [1.54, 1.807) is 0 Å². The first-order chi connectivity index (χ1) is 47.6. The number of aromatic nitrogens is 2. The monoisotopic (exact) mass is 1210 g/mol. The Hall–Kier alpha value is -12.2. The van der Waals surface area contributed by atoms with Crippen molar-refractivity contribution < 1.29 is 0 Å². The molecule has 2 nitrogen and oxygen atoms in total. The highest BCUT2D eigenvalue weighted by Gasteiger charge is 2.42. The third kappa shape index (κ3) is 7.84. The molecule has 0 fully saturated rings. The lowest BCUT2D eigenvalue weighted by Crippen LogP contribution is -2.53. The number of nitrogens with zero attached hydrogens (tertiary/aromatic N) is 2. The first-order valence-corrected chi connectivity index (χ1v) is 33.6. The van der Waals surface area contributed by atoms with Crippen molar-refractivity contribution in [2.24, 2.45) is 0 Å². The molecule has 0 atom stereocenters. The zero-order chi connectivity index (χ0) is 62.7. The van der Waals surface area contributed by atoms with E-state index in [-0.39, 0.29) is 13.7 Å². The Morgan fingerprint density at radius 1 is 0.156 bits per heavy atom. The van der Waals surface area contributed by atoms with Crippen LogP contribution in [0.25, 0.3) is 176 Å². The Labute approximate surface area is 557 Å². The molecule has 0 saturated heterocycles. The Morgan fingerprint density at radius 3 is 0.958 bits per heavy atom. The summed E-state index contributed by atoms with van der Waals surface area (Å²) in [5, 5.41) is 10.4. The van der Waals surface area contributed by atoms with Gasteiger partial charge in [0.05, 0.1) is 0 Å². The summed E-state index contributed by atoms with van der Waals surface area (Å²) in [6, 6.07) is 126. The second kappa shape index (κ2) is 20.6. The van der Waals surface area contributed by atoms with Gasteiger partial charge in [0.25, 0.3) is 0 Å². The van der Waals surface area contributed by atoms with Gasteiger partial charge in [-0.2, -0.15) is 0 Å². The van der Waals surface area contributed by atoms with E-state index in [1.807, 2.05) is 0 Å². The van der Waals surface area contributed by atoms with Crippen LogP contribution >= 0.6 is 0 Å². The summed E-state index contributed by atoms with van der Waals surface area (Å²) in [4.78, 5) is 0. The molecule has 4 heteroatoms. The molecule has 440 valence electrons. The molecule has 2 aromatic heterocycles. The summed E-state index contributed by atoms with van der Waals surface area (Å²) in [5.74, 6) is 0. The van der Waals surface area contributed by atoms with Crippen molar-refractivity contribution in [3.05, 3.63) is 340 Å². The topological polar surface area (TPSA) is 9.86 Å². The average Bonchev–Trinajstić information content (AvgIpc) is 1.49. The molecule has 16 aromatic carbocycles. The van der Waals surface area contributed by atoms with E-state index in [0.29, 0.717) is 0 Å². The Morgan fingerprint density at radius 2 is 0.490 bits per heavy atom. The predicted molar refractivity (Wildman–Crippen MR) is 409 cm³/mol. The maximum Gasteiger partial charge on any atom is 0.329 e. The van der Waals surface area contributed by atoms with Crippen LogP contribution in [0.2, 0.25) is 0 Å². The number of fused-ring (bicyclic) bond motifs is 16. The molecule has 22 rings (SSSR count). The van der Waals surface area contributed by atoms with Crippen molar-refractivity contribution in [1.29, 1.82) is 0 Å². The average molecular weight is 1210 g/mol. The van der Waals surface area contributed by atoms with Crippen LogP contribution in [0.4, 0.5) is 0 Å². The first kappa shape index (κ1) is 53.3. The Kier molecular flexibility index (Phi) is 11.5. The van der Waals surface area contributed by atoms with Crippen LogP contribution in [-0.2, 0) is 0 Å². The molecular weight excluding hydrogens is 1150 g/mol. The molecule has 0 spiro atoms. The van der Waals surface area contributed by atoms with Gasteiger partial charge in [0.2, 0.25) is 0 Å². The molecule has 96 heavy (non-hydrogen) atoms. The molecule has 0 N–H and O–H groups in total. The highest BCUT2D eigenvalue weighted by atomic mass is 14.9. The summed E-state index contributed by atoms with van der Waals surface area (Å²) < 4.78 is 5.35. The van der Waals surface area contributed by atoms with E-state index in [1.165, 1.54) is 198 Å². The smallest absolute Gasteiger partial charge is 0.329 e. The second-order valence-corrected chi connectivity index (χ2v) is 26.6. The molecule has 0 amide bonds. The Bertz CT molecular complexity index is 6310. The summed E-state index contributed by atoms with van der Waals surface area (Å²) >= 11 is 0. The van der Waals surface area contributed by atoms with Crippen molar-refractivity contribution in [3.63, 3.8) is 0 Å². The van der Waals surface area contributed by atoms with Gasteiger partial charge in [0, 0.05) is 65.9 Å². The zero-order valence-corrected chi connectivity index (χ0v) is 52.4. The fraction of sp³-hybridized carbons (Fsp3) is 0. The van der Waals surface area contributed by atoms with Gasteiger partial charge in [-0.15, -0.1) is 0 Å². The van der Waals surface area contributed by atoms with Crippen molar-refractivity contribution in [2.75, 3.05) is 0 Å². The van der Waals surface area contributed by atoms with E-state index in [9.17, 15) is 0 Å². The van der Waals surface area contributed by atoms with Gasteiger partial charge in [-0.1, -0.05) is 285 Å². The minimum atomic E-state index is 0.0799. The normalized spacial score (nSPS) is 12.5. The van der Waals surface area contributed by atoms with E-state index in [4.69, 9.17) is 0 Å². The lowest BCUT2D eigenvalue weighted by molar-refractivity contribution is 1.31. The third-order valence-corrected chi connectivity index (χ3v) is 21.5. The highest BCUT2D eigenvalue weighted by molar-refractivity contribution is 6.89. The molecule has 0 bridgehead atoms. The van der Waals surface area contributed by atoms with Gasteiger partial charge < -0.3 is 8.96 Å². The molecule has 6 heterocycles. The lowest BCUT2D eigenvalue weighted by Gasteiger charge is -2.33. The zero-order valence-electron chi connectivity index (χ0n) is 52.4. The molecule has 18 aromatic rings. The molecule has 4 aliphatic heterocycles. The van der Waals surface area contributed by atoms with E-state index in [2.05, 4.69) is 349 Å². The van der Waals surface area contributed by atoms with Crippen LogP contribution in [0.1, 0.15) is 0 Å². The maximum atomic E-state index is 2.68. The van der Waals surface area contributed by atoms with Gasteiger partial charge in [-0.3, -0.25) is 0 Å². The summed E-state index contributed by atoms with van der Waals surface area (Å²) in [6.07, 6.45) is 0.